The van der Waals surface area contributed by atoms with Gasteiger partial charge in [-0.15, -0.1) is 0 Å². The minimum Gasteiger partial charge on any atom is -0.481 e. The number of nitrogens with zero attached hydrogens (tertiary/aromatic N) is 3. The van der Waals surface area contributed by atoms with Crippen LogP contribution in [0.4, 0.5) is 5.95 Å². The second-order valence-corrected chi connectivity index (χ2v) is 5.47. The summed E-state index contributed by atoms with van der Waals surface area (Å²) < 4.78 is 5.23. The fourth-order valence-electron chi connectivity index (χ4n) is 2.13. The lowest BCUT2D eigenvalue weighted by atomic mass is 9.91. The average molecular weight is 314 g/mol. The summed E-state index contributed by atoms with van der Waals surface area (Å²) in [5, 5.41) is 1.01. The molecule has 0 saturated heterocycles. The van der Waals surface area contributed by atoms with E-state index in [1.54, 1.807) is 7.11 Å². The number of alkyl halides is 1. The number of anilines is 1. The predicted molar refractivity (Wildman–Crippen MR) is 76.7 cm³/mol. The number of halogens is 1. The van der Waals surface area contributed by atoms with E-state index in [0.717, 1.165) is 29.9 Å². The topological polar surface area (TPSA) is 38.2 Å². The Labute approximate surface area is 117 Å². The van der Waals surface area contributed by atoms with Crippen molar-refractivity contribution in [1.82, 2.24) is 9.97 Å². The van der Waals surface area contributed by atoms with Gasteiger partial charge in [-0.05, 0) is 32.6 Å². The summed E-state index contributed by atoms with van der Waals surface area (Å²) in [6.45, 7) is 2.99. The molecule has 0 N–H and O–H groups in total. The maximum absolute atomic E-state index is 5.23. The third-order valence-electron chi connectivity index (χ3n) is 3.33. The van der Waals surface area contributed by atoms with Crippen molar-refractivity contribution in [3.05, 3.63) is 11.8 Å². The van der Waals surface area contributed by atoms with Crippen LogP contribution >= 0.6 is 15.9 Å². The Morgan fingerprint density at radius 3 is 2.78 bits per heavy atom. The fourth-order valence-corrected chi connectivity index (χ4v) is 2.38. The van der Waals surface area contributed by atoms with Crippen LogP contribution in [0.15, 0.2) is 6.07 Å². The summed E-state index contributed by atoms with van der Waals surface area (Å²) >= 11 is 3.49. The van der Waals surface area contributed by atoms with Crippen LogP contribution in [-0.4, -0.2) is 35.0 Å². The minimum absolute atomic E-state index is 0.607. The SMILES string of the molecule is COc1cc(C)nc(N(CCCBr)C2CCC2)n1. The number of hydrogen-bond acceptors (Lipinski definition) is 4. The summed E-state index contributed by atoms with van der Waals surface area (Å²) in [7, 11) is 1.65. The molecule has 0 atom stereocenters. The van der Waals surface area contributed by atoms with Gasteiger partial charge in [0.05, 0.1) is 7.11 Å². The van der Waals surface area contributed by atoms with Crippen molar-refractivity contribution in [3.63, 3.8) is 0 Å². The van der Waals surface area contributed by atoms with E-state index in [2.05, 4.69) is 30.8 Å². The van der Waals surface area contributed by atoms with Crippen LogP contribution in [0.3, 0.4) is 0 Å². The molecular formula is C13H20BrN3O. The van der Waals surface area contributed by atoms with Gasteiger partial charge in [0.1, 0.15) is 0 Å². The number of aryl methyl sites for hydroxylation is 1. The molecule has 1 aliphatic rings. The maximum Gasteiger partial charge on any atom is 0.229 e. The van der Waals surface area contributed by atoms with Gasteiger partial charge in [0.25, 0.3) is 0 Å². The third kappa shape index (κ3) is 3.13. The largest absolute Gasteiger partial charge is 0.481 e. The van der Waals surface area contributed by atoms with Crippen LogP contribution in [0.1, 0.15) is 31.4 Å². The van der Waals surface area contributed by atoms with Gasteiger partial charge in [-0.2, -0.15) is 4.98 Å². The molecular weight excluding hydrogens is 294 g/mol. The van der Waals surface area contributed by atoms with Crippen LogP contribution < -0.4 is 9.64 Å². The van der Waals surface area contributed by atoms with Gasteiger partial charge < -0.3 is 9.64 Å². The quantitative estimate of drug-likeness (QED) is 0.757. The molecule has 0 aromatic carbocycles. The van der Waals surface area contributed by atoms with Crippen molar-refractivity contribution in [2.24, 2.45) is 0 Å². The minimum atomic E-state index is 0.607. The lowest BCUT2D eigenvalue weighted by molar-refractivity contribution is 0.373. The predicted octanol–water partition coefficient (Wildman–Crippen LogP) is 2.94. The maximum atomic E-state index is 5.23. The van der Waals surface area contributed by atoms with E-state index in [1.807, 2.05) is 13.0 Å². The van der Waals surface area contributed by atoms with Gasteiger partial charge in [0.15, 0.2) is 0 Å². The number of rotatable bonds is 6. The molecule has 100 valence electrons. The highest BCUT2D eigenvalue weighted by molar-refractivity contribution is 9.09. The molecule has 1 aromatic rings. The fraction of sp³-hybridized carbons (Fsp3) is 0.692. The van der Waals surface area contributed by atoms with Crippen LogP contribution in [-0.2, 0) is 0 Å². The molecule has 1 fully saturated rings. The van der Waals surface area contributed by atoms with Gasteiger partial charge in [-0.25, -0.2) is 4.98 Å². The second-order valence-electron chi connectivity index (χ2n) is 4.67. The first-order valence-corrected chi connectivity index (χ1v) is 7.59. The molecule has 1 aromatic heterocycles. The van der Waals surface area contributed by atoms with E-state index >= 15 is 0 Å². The number of methoxy groups -OCH3 is 1. The standard InChI is InChI=1S/C13H20BrN3O/c1-10-9-12(18-2)16-13(15-10)17(8-4-7-14)11-5-3-6-11/h9,11H,3-8H2,1-2H3. The van der Waals surface area contributed by atoms with E-state index in [0.29, 0.717) is 11.9 Å². The van der Waals surface area contributed by atoms with Gasteiger partial charge in [-0.3, -0.25) is 0 Å². The number of hydrogen-bond donors (Lipinski definition) is 0. The molecule has 0 unspecified atom stereocenters. The Hall–Kier alpha value is -0.840. The lowest BCUT2D eigenvalue weighted by Gasteiger charge is -2.37. The molecule has 0 radical (unpaired) electrons. The lowest BCUT2D eigenvalue weighted by Crippen LogP contribution is -2.42. The van der Waals surface area contributed by atoms with E-state index in [9.17, 15) is 0 Å². The Balaban J connectivity index is 2.19. The molecule has 0 bridgehead atoms. The zero-order chi connectivity index (χ0) is 13.0. The monoisotopic (exact) mass is 313 g/mol. The molecule has 2 rings (SSSR count). The number of ether oxygens (including phenoxy) is 1. The first kappa shape index (κ1) is 13.6. The first-order chi connectivity index (χ1) is 8.74. The zero-order valence-corrected chi connectivity index (χ0v) is 12.6. The summed E-state index contributed by atoms with van der Waals surface area (Å²) in [5.74, 6) is 1.47. The smallest absolute Gasteiger partial charge is 0.229 e. The van der Waals surface area contributed by atoms with Crippen molar-refractivity contribution in [1.29, 1.82) is 0 Å². The van der Waals surface area contributed by atoms with E-state index in [-0.39, 0.29) is 0 Å². The van der Waals surface area contributed by atoms with E-state index in [4.69, 9.17) is 4.74 Å². The second kappa shape index (κ2) is 6.36. The molecule has 5 heteroatoms. The normalized spacial score (nSPS) is 15.3. The van der Waals surface area contributed by atoms with Crippen molar-refractivity contribution in [3.8, 4) is 5.88 Å². The van der Waals surface area contributed by atoms with E-state index < -0.39 is 0 Å². The molecule has 0 aliphatic heterocycles. The molecule has 18 heavy (non-hydrogen) atoms. The highest BCUT2D eigenvalue weighted by Crippen LogP contribution is 2.28. The Morgan fingerprint density at radius 1 is 1.44 bits per heavy atom. The summed E-state index contributed by atoms with van der Waals surface area (Å²) in [6.07, 6.45) is 4.93. The molecule has 1 heterocycles. The summed E-state index contributed by atoms with van der Waals surface area (Å²) in [4.78, 5) is 11.4. The van der Waals surface area contributed by atoms with Gasteiger partial charge >= 0.3 is 0 Å². The molecule has 1 aliphatic carbocycles. The Morgan fingerprint density at radius 2 is 2.22 bits per heavy atom. The van der Waals surface area contributed by atoms with Crippen molar-refractivity contribution in [2.45, 2.75) is 38.6 Å². The van der Waals surface area contributed by atoms with Gasteiger partial charge in [0.2, 0.25) is 11.8 Å². The highest BCUT2D eigenvalue weighted by atomic mass is 79.9. The van der Waals surface area contributed by atoms with E-state index in [1.165, 1.54) is 19.3 Å². The van der Waals surface area contributed by atoms with Crippen molar-refractivity contribution in [2.75, 3.05) is 23.9 Å². The van der Waals surface area contributed by atoms with Crippen molar-refractivity contribution >= 4 is 21.9 Å². The Kier molecular flexibility index (Phi) is 4.80. The van der Waals surface area contributed by atoms with Gasteiger partial charge in [0, 0.05) is 29.7 Å². The van der Waals surface area contributed by atoms with Crippen molar-refractivity contribution < 1.29 is 4.74 Å². The van der Waals surface area contributed by atoms with Gasteiger partial charge in [-0.1, -0.05) is 15.9 Å². The van der Waals surface area contributed by atoms with Crippen LogP contribution in [0.2, 0.25) is 0 Å². The zero-order valence-electron chi connectivity index (χ0n) is 11.0. The first-order valence-electron chi connectivity index (χ1n) is 6.47. The molecule has 1 saturated carbocycles. The number of aromatic nitrogens is 2. The average Bonchev–Trinajstić information content (AvgIpc) is 2.31. The molecule has 0 amide bonds. The molecule has 0 spiro atoms. The highest BCUT2D eigenvalue weighted by Gasteiger charge is 2.26. The summed E-state index contributed by atoms with van der Waals surface area (Å²) in [6, 6.07) is 2.47. The van der Waals surface area contributed by atoms with Crippen LogP contribution in [0.25, 0.3) is 0 Å². The summed E-state index contributed by atoms with van der Waals surface area (Å²) in [5.41, 5.74) is 0.958. The van der Waals surface area contributed by atoms with Crippen LogP contribution in [0.5, 0.6) is 5.88 Å². The van der Waals surface area contributed by atoms with Crippen LogP contribution in [0, 0.1) is 6.92 Å². The Bertz CT molecular complexity index is 396. The molecule has 4 nitrogen and oxygen atoms in total. The third-order valence-corrected chi connectivity index (χ3v) is 3.89.